The van der Waals surface area contributed by atoms with Gasteiger partial charge in [-0.3, -0.25) is 9.79 Å². The molecule has 1 N–H and O–H groups in total. The first-order valence-electron chi connectivity index (χ1n) is 10.9. The van der Waals surface area contributed by atoms with E-state index in [4.69, 9.17) is 9.72 Å². The fourth-order valence-electron chi connectivity index (χ4n) is 4.40. The second-order valence-electron chi connectivity index (χ2n) is 8.44. The number of nitrogens with one attached hydrogen (secondary N) is 1. The fourth-order valence-corrected chi connectivity index (χ4v) is 4.40. The summed E-state index contributed by atoms with van der Waals surface area (Å²) in [6.45, 7) is 11.9. The molecule has 2 heterocycles. The quantitative estimate of drug-likeness (QED) is 0.584. The van der Waals surface area contributed by atoms with Gasteiger partial charge in [0.15, 0.2) is 5.78 Å². The molecule has 162 valence electrons. The van der Waals surface area contributed by atoms with Crippen LogP contribution in [0.15, 0.2) is 35.3 Å². The highest BCUT2D eigenvalue weighted by Gasteiger charge is 2.41. The Kier molecular flexibility index (Phi) is 5.67. The van der Waals surface area contributed by atoms with Gasteiger partial charge in [0.2, 0.25) is 5.88 Å². The molecule has 6 heteroatoms. The number of likely N-dealkylation sites (N-methyl/N-ethyl adjacent to an activating group) is 1. The van der Waals surface area contributed by atoms with Crippen molar-refractivity contribution >= 4 is 22.9 Å². The molecule has 0 saturated carbocycles. The fraction of sp³-hybridized carbons (Fsp3) is 0.400. The van der Waals surface area contributed by atoms with Gasteiger partial charge in [-0.15, -0.1) is 0 Å². The Morgan fingerprint density at radius 1 is 1.19 bits per heavy atom. The van der Waals surface area contributed by atoms with Crippen LogP contribution in [0, 0.1) is 0 Å². The van der Waals surface area contributed by atoms with Gasteiger partial charge in [0.05, 0.1) is 11.3 Å². The first-order chi connectivity index (χ1) is 14.9. The number of carbonyl (C=O) groups excluding carboxylic acids is 1. The summed E-state index contributed by atoms with van der Waals surface area (Å²) >= 11 is 0. The third kappa shape index (κ3) is 3.65. The summed E-state index contributed by atoms with van der Waals surface area (Å²) in [6, 6.07) is 9.69. The molecule has 0 atom stereocenters. The third-order valence-corrected chi connectivity index (χ3v) is 6.21. The topological polar surface area (TPSA) is 70.6 Å². The van der Waals surface area contributed by atoms with Gasteiger partial charge in [-0.1, -0.05) is 26.0 Å². The number of pyridine rings is 1. The van der Waals surface area contributed by atoms with Gasteiger partial charge in [-0.05, 0) is 44.6 Å². The van der Waals surface area contributed by atoms with Crippen molar-refractivity contribution in [1.29, 1.82) is 0 Å². The van der Waals surface area contributed by atoms with E-state index < -0.39 is 5.41 Å². The molecule has 31 heavy (non-hydrogen) atoms. The lowest BCUT2D eigenvalue weighted by atomic mass is 9.74. The molecule has 0 amide bonds. The summed E-state index contributed by atoms with van der Waals surface area (Å²) in [6.07, 6.45) is 1.81. The summed E-state index contributed by atoms with van der Waals surface area (Å²) < 4.78 is 5.94. The van der Waals surface area contributed by atoms with Crippen LogP contribution in [0.4, 0.5) is 0 Å². The lowest BCUT2D eigenvalue weighted by Crippen LogP contribution is -2.32. The van der Waals surface area contributed by atoms with Crippen molar-refractivity contribution in [3.05, 3.63) is 58.4 Å². The van der Waals surface area contributed by atoms with Gasteiger partial charge in [0, 0.05) is 53.4 Å². The number of hydrogen-bond donors (Lipinski definition) is 1. The molecule has 0 unspecified atom stereocenters. The molecule has 6 nitrogen and oxygen atoms in total. The number of aliphatic imine (C=N–C) groups is 1. The molecule has 0 radical (unpaired) electrons. The first-order valence-corrected chi connectivity index (χ1v) is 10.9. The number of hydrogen-bond acceptors (Lipinski definition) is 5. The molecular weight excluding hydrogens is 388 g/mol. The Labute approximate surface area is 183 Å². The van der Waals surface area contributed by atoms with Crippen molar-refractivity contribution in [2.45, 2.75) is 33.1 Å². The van der Waals surface area contributed by atoms with Crippen molar-refractivity contribution in [2.24, 2.45) is 4.99 Å². The number of benzene rings is 1. The minimum Gasteiger partial charge on any atom is -0.476 e. The Bertz CT molecular complexity index is 1160. The second kappa shape index (κ2) is 8.27. The maximum Gasteiger partial charge on any atom is 0.213 e. The highest BCUT2D eigenvalue weighted by atomic mass is 16.5. The zero-order valence-electron chi connectivity index (χ0n) is 19.0. The minimum absolute atomic E-state index is 0.00896. The predicted octanol–water partition coefficient (Wildman–Crippen LogP) is 4.20. The summed E-state index contributed by atoms with van der Waals surface area (Å²) in [5.74, 6) is 0.572. The van der Waals surface area contributed by atoms with Crippen LogP contribution in [0.3, 0.4) is 0 Å². The van der Waals surface area contributed by atoms with E-state index in [2.05, 4.69) is 42.6 Å². The lowest BCUT2D eigenvalue weighted by molar-refractivity contribution is 0.103. The maximum absolute atomic E-state index is 13.4. The summed E-state index contributed by atoms with van der Waals surface area (Å²) in [5.41, 5.74) is 4.53. The number of H-pyrrole nitrogens is 1. The van der Waals surface area contributed by atoms with E-state index in [-0.39, 0.29) is 5.78 Å². The van der Waals surface area contributed by atoms with Crippen LogP contribution < -0.4 is 4.74 Å². The van der Waals surface area contributed by atoms with Crippen molar-refractivity contribution in [1.82, 2.24) is 14.9 Å². The van der Waals surface area contributed by atoms with Crippen LogP contribution in [0.1, 0.15) is 60.6 Å². The predicted molar refractivity (Wildman–Crippen MR) is 125 cm³/mol. The van der Waals surface area contributed by atoms with Crippen LogP contribution in [0.5, 0.6) is 5.88 Å². The van der Waals surface area contributed by atoms with E-state index in [0.717, 1.165) is 53.1 Å². The van der Waals surface area contributed by atoms with Gasteiger partial charge >= 0.3 is 0 Å². The standard InChI is InChI=1S/C25H30N4O2/c1-6-29(7-2)12-13-31-20-11-10-18-22(30)21-17-9-8-16(15-26-5)14-19(17)27-24(21)25(3,4)23(18)28-20/h8-11,14-15,27H,6-7,12-13H2,1-5H3/b26-15-. The molecule has 1 aliphatic carbocycles. The summed E-state index contributed by atoms with van der Waals surface area (Å²) in [5, 5.41) is 0.937. The van der Waals surface area contributed by atoms with Crippen molar-refractivity contribution in [3.63, 3.8) is 0 Å². The van der Waals surface area contributed by atoms with E-state index >= 15 is 0 Å². The molecule has 1 aliphatic rings. The van der Waals surface area contributed by atoms with Gasteiger partial charge in [-0.2, -0.15) is 0 Å². The van der Waals surface area contributed by atoms with Crippen LogP contribution in [-0.4, -0.2) is 60.2 Å². The molecular formula is C25H30N4O2. The van der Waals surface area contributed by atoms with Gasteiger partial charge in [-0.25, -0.2) is 4.98 Å². The number of carbonyl (C=O) groups is 1. The number of ketones is 1. The molecule has 4 rings (SSSR count). The molecule has 2 aromatic heterocycles. The summed E-state index contributed by atoms with van der Waals surface area (Å²) in [7, 11) is 1.75. The molecule has 0 aliphatic heterocycles. The van der Waals surface area contributed by atoms with E-state index in [1.165, 1.54) is 0 Å². The molecule has 0 bridgehead atoms. The van der Waals surface area contributed by atoms with Crippen LogP contribution in [0.25, 0.3) is 10.9 Å². The SMILES string of the molecule is CCN(CC)CCOc1ccc2c(n1)C(C)(C)c1[nH]c3cc(/C=N\C)ccc3c1C2=O. The number of rotatable bonds is 7. The second-order valence-corrected chi connectivity index (χ2v) is 8.44. The van der Waals surface area contributed by atoms with Crippen LogP contribution in [-0.2, 0) is 5.41 Å². The van der Waals surface area contributed by atoms with Gasteiger partial charge in [0.25, 0.3) is 0 Å². The Morgan fingerprint density at radius 3 is 2.68 bits per heavy atom. The lowest BCUT2D eigenvalue weighted by Gasteiger charge is -2.31. The van der Waals surface area contributed by atoms with Crippen molar-refractivity contribution in [3.8, 4) is 5.88 Å². The first kappa shape index (κ1) is 21.2. The molecule has 0 saturated heterocycles. The number of aromatic nitrogens is 2. The zero-order chi connectivity index (χ0) is 22.2. The van der Waals surface area contributed by atoms with Crippen LogP contribution >= 0.6 is 0 Å². The van der Waals surface area contributed by atoms with Crippen molar-refractivity contribution in [2.75, 3.05) is 33.3 Å². The highest BCUT2D eigenvalue weighted by molar-refractivity contribution is 6.20. The Morgan fingerprint density at radius 2 is 1.97 bits per heavy atom. The van der Waals surface area contributed by atoms with Gasteiger partial charge in [0.1, 0.15) is 6.61 Å². The van der Waals surface area contributed by atoms with E-state index in [1.54, 1.807) is 7.05 Å². The highest BCUT2D eigenvalue weighted by Crippen LogP contribution is 2.43. The van der Waals surface area contributed by atoms with E-state index in [1.807, 2.05) is 36.5 Å². The monoisotopic (exact) mass is 418 g/mol. The van der Waals surface area contributed by atoms with Crippen molar-refractivity contribution < 1.29 is 9.53 Å². The normalized spacial score (nSPS) is 15.0. The van der Waals surface area contributed by atoms with E-state index in [0.29, 0.717) is 18.1 Å². The minimum atomic E-state index is -0.450. The van der Waals surface area contributed by atoms with Crippen LogP contribution in [0.2, 0.25) is 0 Å². The number of fused-ring (bicyclic) bond motifs is 4. The number of ether oxygens (including phenoxy) is 1. The molecule has 0 fully saturated rings. The largest absolute Gasteiger partial charge is 0.476 e. The Balaban J connectivity index is 1.71. The van der Waals surface area contributed by atoms with E-state index in [9.17, 15) is 4.79 Å². The molecule has 3 aromatic rings. The number of nitrogens with zero attached hydrogens (tertiary/aromatic N) is 3. The smallest absolute Gasteiger partial charge is 0.213 e. The molecule has 1 aromatic carbocycles. The third-order valence-electron chi connectivity index (χ3n) is 6.21. The molecule has 0 spiro atoms. The van der Waals surface area contributed by atoms with Gasteiger partial charge < -0.3 is 14.6 Å². The average Bonchev–Trinajstić information content (AvgIpc) is 3.16. The maximum atomic E-state index is 13.4. The average molecular weight is 419 g/mol. The Hall–Kier alpha value is -2.99. The number of aromatic amines is 1. The summed E-state index contributed by atoms with van der Waals surface area (Å²) in [4.78, 5) is 28.1. The zero-order valence-corrected chi connectivity index (χ0v) is 19.0.